The van der Waals surface area contributed by atoms with Gasteiger partial charge in [0.15, 0.2) is 0 Å². The summed E-state index contributed by atoms with van der Waals surface area (Å²) in [6, 6.07) is 13.7. The maximum absolute atomic E-state index is 4.49. The van der Waals surface area contributed by atoms with Gasteiger partial charge in [-0.2, -0.15) is 0 Å². The first-order valence-corrected chi connectivity index (χ1v) is 17.0. The minimum atomic E-state index is 0.0247. The molecule has 0 radical (unpaired) electrons. The highest BCUT2D eigenvalue weighted by Gasteiger charge is 2.30. The van der Waals surface area contributed by atoms with Crippen molar-refractivity contribution in [3.8, 4) is 0 Å². The molecule has 0 atom stereocenters. The summed E-state index contributed by atoms with van der Waals surface area (Å²) >= 11 is 5.57. The highest BCUT2D eigenvalue weighted by molar-refractivity contribution is 8.24. The van der Waals surface area contributed by atoms with Crippen LogP contribution >= 0.6 is 35.3 Å². The van der Waals surface area contributed by atoms with E-state index < -0.39 is 0 Å². The van der Waals surface area contributed by atoms with Crippen molar-refractivity contribution in [2.24, 2.45) is 0 Å². The van der Waals surface area contributed by atoms with Crippen molar-refractivity contribution in [1.82, 2.24) is 0 Å². The standard InChI is InChI=1S/C37H50S3/c1-24-21-30(32-26(34(3,4)5)17-15-18-27(32)35(6,7)8)38-23-39-31(22-25(2)40-24)33-28(36(9,10)11)19-16-20-29(33)37(12,13)14/h15-22H,1-2,23H2,3-14H3/b30-21-,31-22-. The normalized spacial score (nSPS) is 19.1. The van der Waals surface area contributed by atoms with Crippen LogP contribution in [0, 0.1) is 0 Å². The van der Waals surface area contributed by atoms with Crippen molar-refractivity contribution in [3.63, 3.8) is 0 Å². The zero-order valence-electron chi connectivity index (χ0n) is 27.0. The van der Waals surface area contributed by atoms with Gasteiger partial charge in [-0.3, -0.25) is 0 Å². The first-order chi connectivity index (χ1) is 18.2. The number of benzene rings is 2. The average Bonchev–Trinajstić information content (AvgIpc) is 2.79. The van der Waals surface area contributed by atoms with E-state index >= 15 is 0 Å². The molecule has 0 saturated carbocycles. The second-order valence-electron chi connectivity index (χ2n) is 14.9. The number of thioether (sulfide) groups is 3. The van der Waals surface area contributed by atoms with E-state index in [1.807, 2.05) is 23.5 Å². The largest absolute Gasteiger partial charge is 0.114 e. The molecular formula is C37H50S3. The molecule has 0 nitrogen and oxygen atoms in total. The first-order valence-electron chi connectivity index (χ1n) is 14.2. The van der Waals surface area contributed by atoms with Gasteiger partial charge < -0.3 is 0 Å². The van der Waals surface area contributed by atoms with Gasteiger partial charge >= 0.3 is 0 Å². The molecule has 0 aromatic heterocycles. The predicted molar refractivity (Wildman–Crippen MR) is 190 cm³/mol. The van der Waals surface area contributed by atoms with Crippen molar-refractivity contribution in [2.45, 2.75) is 105 Å². The van der Waals surface area contributed by atoms with Crippen LogP contribution in [-0.2, 0) is 21.7 Å². The van der Waals surface area contributed by atoms with Crippen LogP contribution in [0.2, 0.25) is 0 Å². The van der Waals surface area contributed by atoms with E-state index in [0.29, 0.717) is 0 Å². The minimum absolute atomic E-state index is 0.0247. The molecule has 2 aromatic rings. The lowest BCUT2D eigenvalue weighted by molar-refractivity contribution is 0.565. The monoisotopic (exact) mass is 590 g/mol. The number of hydrogen-bond acceptors (Lipinski definition) is 3. The van der Waals surface area contributed by atoms with Crippen LogP contribution < -0.4 is 0 Å². The second-order valence-corrected chi connectivity index (χ2v) is 18.6. The van der Waals surface area contributed by atoms with Gasteiger partial charge in [-0.25, -0.2) is 0 Å². The van der Waals surface area contributed by atoms with Crippen LogP contribution in [0.1, 0.15) is 116 Å². The lowest BCUT2D eigenvalue weighted by Crippen LogP contribution is -2.20. The summed E-state index contributed by atoms with van der Waals surface area (Å²) in [5.41, 5.74) is 8.40. The number of hydrogen-bond donors (Lipinski definition) is 0. The zero-order chi connectivity index (χ0) is 30.3. The third kappa shape index (κ3) is 7.84. The Morgan fingerprint density at radius 2 is 0.775 bits per heavy atom. The van der Waals surface area contributed by atoms with E-state index in [-0.39, 0.29) is 21.7 Å². The Kier molecular flexibility index (Phi) is 9.87. The predicted octanol–water partition coefficient (Wildman–Crippen LogP) is 12.5. The van der Waals surface area contributed by atoms with Crippen LogP contribution in [0.25, 0.3) is 9.81 Å². The van der Waals surface area contributed by atoms with E-state index in [9.17, 15) is 0 Å². The molecule has 0 unspecified atom stereocenters. The molecule has 0 amide bonds. The quantitative estimate of drug-likeness (QED) is 0.341. The van der Waals surface area contributed by atoms with Crippen LogP contribution in [-0.4, -0.2) is 5.08 Å². The van der Waals surface area contributed by atoms with Crippen LogP contribution in [0.5, 0.6) is 0 Å². The molecule has 0 bridgehead atoms. The van der Waals surface area contributed by atoms with Crippen molar-refractivity contribution in [1.29, 1.82) is 0 Å². The Bertz CT molecular complexity index is 1170. The Hall–Kier alpha value is -1.55. The fraction of sp³-hybridized carbons (Fsp3) is 0.459. The highest BCUT2D eigenvalue weighted by Crippen LogP contribution is 2.49. The van der Waals surface area contributed by atoms with Gasteiger partial charge in [0.2, 0.25) is 0 Å². The van der Waals surface area contributed by atoms with E-state index in [1.54, 1.807) is 11.8 Å². The van der Waals surface area contributed by atoms with Gasteiger partial charge in [-0.15, -0.1) is 23.5 Å². The molecule has 216 valence electrons. The molecule has 0 spiro atoms. The van der Waals surface area contributed by atoms with E-state index in [4.69, 9.17) is 0 Å². The first kappa shape index (κ1) is 33.0. The summed E-state index contributed by atoms with van der Waals surface area (Å²) in [6.45, 7) is 36.8. The molecule has 0 aliphatic carbocycles. The molecule has 0 N–H and O–H groups in total. The number of allylic oxidation sites excluding steroid dienone is 2. The minimum Gasteiger partial charge on any atom is -0.114 e. The molecule has 0 saturated heterocycles. The molecule has 2 aromatic carbocycles. The fourth-order valence-electron chi connectivity index (χ4n) is 5.18. The van der Waals surface area contributed by atoms with Crippen LogP contribution in [0.4, 0.5) is 0 Å². The van der Waals surface area contributed by atoms with Gasteiger partial charge in [0.1, 0.15) is 0 Å². The zero-order valence-corrected chi connectivity index (χ0v) is 29.4. The van der Waals surface area contributed by atoms with Crippen LogP contribution in [0.3, 0.4) is 0 Å². The maximum atomic E-state index is 4.49. The maximum Gasteiger partial charge on any atom is 0.0487 e. The van der Waals surface area contributed by atoms with Gasteiger partial charge in [0, 0.05) is 24.7 Å². The molecule has 40 heavy (non-hydrogen) atoms. The van der Waals surface area contributed by atoms with Crippen molar-refractivity contribution in [3.05, 3.63) is 105 Å². The Morgan fingerprint density at radius 3 is 1.02 bits per heavy atom. The Balaban J connectivity index is 2.20. The summed E-state index contributed by atoms with van der Waals surface area (Å²) in [6.07, 6.45) is 4.59. The van der Waals surface area contributed by atoms with E-state index in [1.165, 1.54) is 43.2 Å². The topological polar surface area (TPSA) is 0 Å². The fourth-order valence-corrected chi connectivity index (χ4v) is 8.45. The Labute approximate surface area is 258 Å². The van der Waals surface area contributed by atoms with Gasteiger partial charge in [-0.1, -0.05) is 144 Å². The van der Waals surface area contributed by atoms with Crippen molar-refractivity contribution < 1.29 is 0 Å². The molecule has 1 heterocycles. The summed E-state index contributed by atoms with van der Waals surface area (Å²) < 4.78 is 0. The average molecular weight is 591 g/mol. The molecule has 0 fully saturated rings. The lowest BCUT2D eigenvalue weighted by Gasteiger charge is -2.32. The molecule has 3 rings (SSSR count). The highest BCUT2D eigenvalue weighted by atomic mass is 32.2. The van der Waals surface area contributed by atoms with E-state index in [2.05, 4.69) is 145 Å². The number of rotatable bonds is 2. The smallest absolute Gasteiger partial charge is 0.0487 e. The summed E-state index contributed by atoms with van der Waals surface area (Å²) in [7, 11) is 0. The summed E-state index contributed by atoms with van der Waals surface area (Å²) in [5.74, 6) is 0. The Morgan fingerprint density at radius 1 is 0.500 bits per heavy atom. The summed E-state index contributed by atoms with van der Waals surface area (Å²) in [4.78, 5) is 4.65. The molecular weight excluding hydrogens is 541 g/mol. The molecule has 1 aliphatic rings. The van der Waals surface area contributed by atoms with Crippen molar-refractivity contribution in [2.75, 3.05) is 5.08 Å². The van der Waals surface area contributed by atoms with Gasteiger partial charge in [0.25, 0.3) is 0 Å². The molecule has 1 aliphatic heterocycles. The second kappa shape index (κ2) is 12.0. The van der Waals surface area contributed by atoms with Crippen LogP contribution in [0.15, 0.2) is 71.5 Å². The summed E-state index contributed by atoms with van der Waals surface area (Å²) in [5, 5.41) is 0.910. The van der Waals surface area contributed by atoms with Gasteiger partial charge in [0.05, 0.1) is 0 Å². The van der Waals surface area contributed by atoms with E-state index in [0.717, 1.165) is 14.9 Å². The lowest BCUT2D eigenvalue weighted by atomic mass is 9.76. The SMILES string of the molecule is C=C1/C=C(/c2c(C(C)(C)C)cccc2C(C)(C)C)SCS/C(c2c(C(C)(C)C)cccc2C(C)(C)C)=C\C(=C)S1. The third-order valence-electron chi connectivity index (χ3n) is 7.13. The third-order valence-corrected chi connectivity index (χ3v) is 10.1. The van der Waals surface area contributed by atoms with Gasteiger partial charge in [-0.05, 0) is 67.2 Å². The molecule has 3 heteroatoms. The van der Waals surface area contributed by atoms with Crippen molar-refractivity contribution >= 4 is 45.1 Å².